The van der Waals surface area contributed by atoms with Crippen LogP contribution in [0.5, 0.6) is 5.75 Å². The highest BCUT2D eigenvalue weighted by Gasteiger charge is 2.39. The SMILES string of the molecule is CCCCc1cc(=O)oc2cc(C)cc(O[C@H](C)C(=O)N3Cc4[nH]c5ccccc5c4C[C@H]3C(=O)OCC)c12. The van der Waals surface area contributed by atoms with Gasteiger partial charge in [-0.3, -0.25) is 4.79 Å². The Morgan fingerprint density at radius 3 is 2.74 bits per heavy atom. The summed E-state index contributed by atoms with van der Waals surface area (Å²) in [6.45, 7) is 7.89. The maximum Gasteiger partial charge on any atom is 0.336 e. The fourth-order valence-corrected chi connectivity index (χ4v) is 5.49. The minimum atomic E-state index is -0.899. The molecule has 0 spiro atoms. The second-order valence-electron chi connectivity index (χ2n) is 10.2. The van der Waals surface area contributed by atoms with E-state index in [1.165, 1.54) is 6.07 Å². The van der Waals surface area contributed by atoms with E-state index in [1.54, 1.807) is 18.7 Å². The first kappa shape index (κ1) is 26.5. The molecule has 3 heterocycles. The molecule has 1 aliphatic rings. The van der Waals surface area contributed by atoms with Gasteiger partial charge in [-0.2, -0.15) is 0 Å². The topological polar surface area (TPSA) is 102 Å². The Hall–Kier alpha value is -4.07. The van der Waals surface area contributed by atoms with Gasteiger partial charge < -0.3 is 23.8 Å². The molecule has 5 rings (SSSR count). The number of rotatable bonds is 8. The zero-order chi connectivity index (χ0) is 27.7. The van der Waals surface area contributed by atoms with Gasteiger partial charge in [0.1, 0.15) is 17.4 Å². The number of hydrogen-bond donors (Lipinski definition) is 1. The Morgan fingerprint density at radius 1 is 1.18 bits per heavy atom. The van der Waals surface area contributed by atoms with Crippen molar-refractivity contribution in [3.8, 4) is 5.75 Å². The summed E-state index contributed by atoms with van der Waals surface area (Å²) in [6.07, 6.45) is 2.03. The van der Waals surface area contributed by atoms with Crippen LogP contribution in [-0.4, -0.2) is 40.5 Å². The average molecular weight is 531 g/mol. The summed E-state index contributed by atoms with van der Waals surface area (Å²) in [5.74, 6) is -0.269. The lowest BCUT2D eigenvalue weighted by atomic mass is 9.96. The first-order valence-electron chi connectivity index (χ1n) is 13.6. The highest BCUT2D eigenvalue weighted by atomic mass is 16.5. The number of para-hydroxylation sites is 1. The molecular formula is C31H34N2O6. The van der Waals surface area contributed by atoms with Crippen LogP contribution < -0.4 is 10.4 Å². The molecule has 0 radical (unpaired) electrons. The van der Waals surface area contributed by atoms with Gasteiger partial charge in [0.05, 0.1) is 18.5 Å². The molecule has 0 unspecified atom stereocenters. The molecule has 2 aromatic carbocycles. The molecule has 0 bridgehead atoms. The maximum absolute atomic E-state index is 13.9. The molecular weight excluding hydrogens is 496 g/mol. The first-order valence-corrected chi connectivity index (χ1v) is 13.6. The van der Waals surface area contributed by atoms with Gasteiger partial charge in [-0.05, 0) is 68.5 Å². The molecule has 0 fully saturated rings. The molecule has 1 aliphatic heterocycles. The van der Waals surface area contributed by atoms with E-state index in [4.69, 9.17) is 13.9 Å². The molecule has 0 saturated heterocycles. The van der Waals surface area contributed by atoms with Crippen molar-refractivity contribution >= 4 is 33.7 Å². The van der Waals surface area contributed by atoms with Gasteiger partial charge in [0.2, 0.25) is 0 Å². The fourth-order valence-electron chi connectivity index (χ4n) is 5.49. The summed E-state index contributed by atoms with van der Waals surface area (Å²) in [5, 5.41) is 1.75. The predicted octanol–water partition coefficient (Wildman–Crippen LogP) is 5.21. The third-order valence-corrected chi connectivity index (χ3v) is 7.33. The van der Waals surface area contributed by atoms with Crippen LogP contribution in [0.15, 0.2) is 51.7 Å². The lowest BCUT2D eigenvalue weighted by Crippen LogP contribution is -2.52. The molecule has 4 aromatic rings. The number of unbranched alkanes of at least 4 members (excludes halogenated alkanes) is 1. The van der Waals surface area contributed by atoms with Crippen molar-refractivity contribution in [1.82, 2.24) is 9.88 Å². The zero-order valence-electron chi connectivity index (χ0n) is 22.8. The minimum absolute atomic E-state index is 0.227. The molecule has 0 saturated carbocycles. The number of nitrogens with one attached hydrogen (secondary N) is 1. The molecule has 8 heteroatoms. The number of hydrogen-bond acceptors (Lipinski definition) is 6. The number of fused-ring (bicyclic) bond motifs is 4. The Labute approximate surface area is 226 Å². The summed E-state index contributed by atoms with van der Waals surface area (Å²) < 4.78 is 17.2. The number of carbonyl (C=O) groups excluding carboxylic acids is 2. The average Bonchev–Trinajstić information content (AvgIpc) is 3.27. The molecule has 39 heavy (non-hydrogen) atoms. The molecule has 1 amide bonds. The second kappa shape index (κ2) is 11.0. The van der Waals surface area contributed by atoms with E-state index >= 15 is 0 Å². The number of H-pyrrole nitrogens is 1. The lowest BCUT2D eigenvalue weighted by molar-refractivity contribution is -0.158. The number of aromatic amines is 1. The van der Waals surface area contributed by atoms with Crippen molar-refractivity contribution in [2.75, 3.05) is 6.61 Å². The molecule has 2 atom stereocenters. The number of esters is 1. The summed E-state index contributed by atoms with van der Waals surface area (Å²) in [4.78, 5) is 44.1. The van der Waals surface area contributed by atoms with E-state index in [2.05, 4.69) is 11.9 Å². The van der Waals surface area contributed by atoms with Gasteiger partial charge in [-0.25, -0.2) is 9.59 Å². The van der Waals surface area contributed by atoms with Crippen LogP contribution in [0.4, 0.5) is 0 Å². The van der Waals surface area contributed by atoms with Crippen LogP contribution in [0.2, 0.25) is 0 Å². The number of ether oxygens (including phenoxy) is 2. The van der Waals surface area contributed by atoms with Crippen LogP contribution in [0, 0.1) is 6.92 Å². The predicted molar refractivity (Wildman–Crippen MR) is 149 cm³/mol. The fraction of sp³-hybridized carbons (Fsp3) is 0.387. The van der Waals surface area contributed by atoms with Crippen molar-refractivity contribution in [3.05, 3.63) is 75.3 Å². The number of aryl methyl sites for hydroxylation is 2. The summed E-state index contributed by atoms with van der Waals surface area (Å²) in [7, 11) is 0. The third kappa shape index (κ3) is 5.15. The molecule has 204 valence electrons. The van der Waals surface area contributed by atoms with Gasteiger partial charge in [-0.1, -0.05) is 31.5 Å². The Morgan fingerprint density at radius 2 is 1.97 bits per heavy atom. The van der Waals surface area contributed by atoms with E-state index < -0.39 is 23.7 Å². The number of carbonyl (C=O) groups is 2. The summed E-state index contributed by atoms with van der Waals surface area (Å²) in [5.41, 5.74) is 4.61. The van der Waals surface area contributed by atoms with E-state index in [1.807, 2.05) is 43.3 Å². The standard InChI is InChI=1S/C31H34N2O6/c1-5-7-10-20-15-28(34)39-27-14-18(3)13-26(29(20)27)38-19(4)30(35)33-17-24-22(16-25(33)31(36)37-6-2)21-11-8-9-12-23(21)32-24/h8-9,11-15,19,25,32H,5-7,10,16-17H2,1-4H3/t19-,25+/m1/s1. The number of nitrogens with zero attached hydrogens (tertiary/aromatic N) is 1. The van der Waals surface area contributed by atoms with Crippen molar-refractivity contribution in [3.63, 3.8) is 0 Å². The lowest BCUT2D eigenvalue weighted by Gasteiger charge is -2.35. The monoisotopic (exact) mass is 530 g/mol. The number of aromatic nitrogens is 1. The Kier molecular flexibility index (Phi) is 7.46. The van der Waals surface area contributed by atoms with Crippen LogP contribution in [0.3, 0.4) is 0 Å². The third-order valence-electron chi connectivity index (χ3n) is 7.33. The normalized spacial score (nSPS) is 15.8. The van der Waals surface area contributed by atoms with Crippen molar-refractivity contribution in [1.29, 1.82) is 0 Å². The molecule has 1 N–H and O–H groups in total. The smallest absolute Gasteiger partial charge is 0.336 e. The van der Waals surface area contributed by atoms with E-state index in [0.29, 0.717) is 29.6 Å². The van der Waals surface area contributed by atoms with E-state index in [9.17, 15) is 14.4 Å². The highest BCUT2D eigenvalue weighted by Crippen LogP contribution is 2.34. The Balaban J connectivity index is 1.49. The van der Waals surface area contributed by atoms with Gasteiger partial charge in [0.25, 0.3) is 5.91 Å². The molecule has 0 aliphatic carbocycles. The highest BCUT2D eigenvalue weighted by molar-refractivity contribution is 5.92. The minimum Gasteiger partial charge on any atom is -0.480 e. The molecule has 2 aromatic heterocycles. The number of benzene rings is 2. The van der Waals surface area contributed by atoms with Gasteiger partial charge in [-0.15, -0.1) is 0 Å². The van der Waals surface area contributed by atoms with Crippen molar-refractivity contribution in [2.24, 2.45) is 0 Å². The summed E-state index contributed by atoms with van der Waals surface area (Å²) in [6, 6.07) is 12.3. The van der Waals surface area contributed by atoms with Gasteiger partial charge in [0, 0.05) is 29.1 Å². The largest absolute Gasteiger partial charge is 0.480 e. The van der Waals surface area contributed by atoms with Crippen molar-refractivity contribution in [2.45, 2.75) is 72.1 Å². The summed E-state index contributed by atoms with van der Waals surface area (Å²) >= 11 is 0. The quantitative estimate of drug-likeness (QED) is 0.248. The van der Waals surface area contributed by atoms with E-state index in [-0.39, 0.29) is 19.1 Å². The van der Waals surface area contributed by atoms with Gasteiger partial charge in [0.15, 0.2) is 6.10 Å². The van der Waals surface area contributed by atoms with Gasteiger partial charge >= 0.3 is 11.6 Å². The maximum atomic E-state index is 13.9. The Bertz CT molecular complexity index is 1600. The number of amides is 1. The molecule has 8 nitrogen and oxygen atoms in total. The first-order chi connectivity index (χ1) is 18.8. The van der Waals surface area contributed by atoms with Crippen LogP contribution in [-0.2, 0) is 33.7 Å². The van der Waals surface area contributed by atoms with Crippen LogP contribution in [0.25, 0.3) is 21.9 Å². The van der Waals surface area contributed by atoms with Crippen molar-refractivity contribution < 1.29 is 23.5 Å². The zero-order valence-corrected chi connectivity index (χ0v) is 22.8. The second-order valence-corrected chi connectivity index (χ2v) is 10.2. The van der Waals surface area contributed by atoms with Crippen LogP contribution in [0.1, 0.15) is 56.0 Å². The van der Waals surface area contributed by atoms with Crippen LogP contribution >= 0.6 is 0 Å². The van der Waals surface area contributed by atoms with E-state index in [0.717, 1.165) is 46.1 Å².